The van der Waals surface area contributed by atoms with Crippen LogP contribution in [0.25, 0.3) is 0 Å². The zero-order valence-electron chi connectivity index (χ0n) is 11.6. The number of piperidine rings is 1. The predicted octanol–water partition coefficient (Wildman–Crippen LogP) is 2.80. The maximum absolute atomic E-state index is 10.7. The van der Waals surface area contributed by atoms with E-state index in [1.165, 1.54) is 18.4 Å². The van der Waals surface area contributed by atoms with Gasteiger partial charge in [-0.3, -0.25) is 4.79 Å². The van der Waals surface area contributed by atoms with Crippen molar-refractivity contribution in [1.29, 1.82) is 0 Å². The van der Waals surface area contributed by atoms with E-state index in [1.807, 2.05) is 6.92 Å². The molecule has 3 nitrogen and oxygen atoms in total. The van der Waals surface area contributed by atoms with Crippen LogP contribution in [0.1, 0.15) is 31.7 Å². The van der Waals surface area contributed by atoms with Gasteiger partial charge in [-0.1, -0.05) is 30.3 Å². The smallest absolute Gasteiger partial charge is 0.304 e. The van der Waals surface area contributed by atoms with E-state index in [4.69, 9.17) is 5.11 Å². The second-order valence-electron chi connectivity index (χ2n) is 5.62. The lowest BCUT2D eigenvalue weighted by molar-refractivity contribution is -0.138. The van der Waals surface area contributed by atoms with Crippen LogP contribution in [0.15, 0.2) is 30.3 Å². The maximum Gasteiger partial charge on any atom is 0.304 e. The standard InChI is InChI=1S/C16H23NO2/c1-13(11-16(18)19)17-9-7-15(8-10-17)12-14-5-3-2-4-6-14/h2-6,13,15H,7-12H2,1H3,(H,18,19). The fourth-order valence-electron chi connectivity index (χ4n) is 2.93. The molecule has 1 N–H and O–H groups in total. The first kappa shape index (κ1) is 14.1. The van der Waals surface area contributed by atoms with Crippen molar-refractivity contribution in [1.82, 2.24) is 4.90 Å². The Morgan fingerprint density at radius 2 is 1.95 bits per heavy atom. The van der Waals surface area contributed by atoms with E-state index >= 15 is 0 Å². The number of hydrogen-bond donors (Lipinski definition) is 1. The van der Waals surface area contributed by atoms with Crippen LogP contribution in [-0.4, -0.2) is 35.1 Å². The molecule has 1 unspecified atom stereocenters. The van der Waals surface area contributed by atoms with Gasteiger partial charge in [0.25, 0.3) is 0 Å². The normalized spacial score (nSPS) is 19.2. The molecular formula is C16H23NO2. The van der Waals surface area contributed by atoms with Crippen molar-refractivity contribution in [3.8, 4) is 0 Å². The Hall–Kier alpha value is -1.35. The second kappa shape index (κ2) is 6.71. The molecule has 1 saturated heterocycles. The summed E-state index contributed by atoms with van der Waals surface area (Å²) in [5.74, 6) is 0.0505. The van der Waals surface area contributed by atoms with Crippen molar-refractivity contribution in [2.45, 2.75) is 38.6 Å². The molecule has 104 valence electrons. The topological polar surface area (TPSA) is 40.5 Å². The lowest BCUT2D eigenvalue weighted by Gasteiger charge is -2.35. The molecular weight excluding hydrogens is 238 g/mol. The molecule has 0 bridgehead atoms. The van der Waals surface area contributed by atoms with Crippen LogP contribution in [0.3, 0.4) is 0 Å². The Kier molecular flexibility index (Phi) is 4.97. The van der Waals surface area contributed by atoms with Crippen molar-refractivity contribution in [2.75, 3.05) is 13.1 Å². The van der Waals surface area contributed by atoms with E-state index < -0.39 is 5.97 Å². The summed E-state index contributed by atoms with van der Waals surface area (Å²) < 4.78 is 0. The van der Waals surface area contributed by atoms with Crippen molar-refractivity contribution in [3.63, 3.8) is 0 Å². The second-order valence-corrected chi connectivity index (χ2v) is 5.62. The van der Waals surface area contributed by atoms with Crippen LogP contribution < -0.4 is 0 Å². The van der Waals surface area contributed by atoms with Crippen molar-refractivity contribution >= 4 is 5.97 Å². The third kappa shape index (κ3) is 4.35. The Labute approximate surface area is 115 Å². The molecule has 19 heavy (non-hydrogen) atoms. The van der Waals surface area contributed by atoms with Gasteiger partial charge in [0.15, 0.2) is 0 Å². The lowest BCUT2D eigenvalue weighted by atomic mass is 9.89. The van der Waals surface area contributed by atoms with E-state index in [0.29, 0.717) is 0 Å². The minimum atomic E-state index is -0.695. The summed E-state index contributed by atoms with van der Waals surface area (Å²) in [6.45, 7) is 4.09. The fraction of sp³-hybridized carbons (Fsp3) is 0.562. The summed E-state index contributed by atoms with van der Waals surface area (Å²) in [6.07, 6.45) is 3.77. The molecule has 0 spiro atoms. The van der Waals surface area contributed by atoms with Crippen LogP contribution in [0.5, 0.6) is 0 Å². The van der Waals surface area contributed by atoms with Crippen LogP contribution >= 0.6 is 0 Å². The minimum absolute atomic E-state index is 0.162. The number of carboxylic acids is 1. The zero-order chi connectivity index (χ0) is 13.7. The van der Waals surface area contributed by atoms with Gasteiger partial charge in [0, 0.05) is 6.04 Å². The molecule has 1 atom stereocenters. The molecule has 1 aliphatic heterocycles. The number of nitrogens with zero attached hydrogens (tertiary/aromatic N) is 1. The average molecular weight is 261 g/mol. The van der Waals surface area contributed by atoms with Crippen LogP contribution in [0.2, 0.25) is 0 Å². The molecule has 0 saturated carbocycles. The largest absolute Gasteiger partial charge is 0.481 e. The number of carboxylic acid groups (broad SMARTS) is 1. The molecule has 1 aliphatic rings. The van der Waals surface area contributed by atoms with Crippen molar-refractivity contribution < 1.29 is 9.90 Å². The summed E-state index contributed by atoms with van der Waals surface area (Å²) in [4.78, 5) is 13.0. The summed E-state index contributed by atoms with van der Waals surface area (Å²) in [7, 11) is 0. The molecule has 2 rings (SSSR count). The molecule has 0 amide bonds. The maximum atomic E-state index is 10.7. The van der Waals surface area contributed by atoms with Gasteiger partial charge in [-0.25, -0.2) is 0 Å². The average Bonchev–Trinajstić information content (AvgIpc) is 2.40. The van der Waals surface area contributed by atoms with Gasteiger partial charge < -0.3 is 10.0 Å². The van der Waals surface area contributed by atoms with E-state index in [-0.39, 0.29) is 12.5 Å². The van der Waals surface area contributed by atoms with E-state index in [2.05, 4.69) is 35.2 Å². The molecule has 1 heterocycles. The van der Waals surface area contributed by atoms with E-state index in [0.717, 1.165) is 25.4 Å². The van der Waals surface area contributed by atoms with Gasteiger partial charge in [0.1, 0.15) is 0 Å². The highest BCUT2D eigenvalue weighted by molar-refractivity contribution is 5.67. The third-order valence-corrected chi connectivity index (χ3v) is 4.11. The first-order valence-corrected chi connectivity index (χ1v) is 7.15. The number of carbonyl (C=O) groups is 1. The molecule has 3 heteroatoms. The first-order valence-electron chi connectivity index (χ1n) is 7.15. The monoisotopic (exact) mass is 261 g/mol. The number of aliphatic carboxylic acids is 1. The number of likely N-dealkylation sites (tertiary alicyclic amines) is 1. The Morgan fingerprint density at radius 1 is 1.32 bits per heavy atom. The summed E-state index contributed by atoms with van der Waals surface area (Å²) in [5, 5.41) is 8.83. The van der Waals surface area contributed by atoms with Crippen LogP contribution in [-0.2, 0) is 11.2 Å². The summed E-state index contributed by atoms with van der Waals surface area (Å²) in [5.41, 5.74) is 1.42. The molecule has 0 aliphatic carbocycles. The lowest BCUT2D eigenvalue weighted by Crippen LogP contribution is -2.41. The highest BCUT2D eigenvalue weighted by atomic mass is 16.4. The quantitative estimate of drug-likeness (QED) is 0.886. The third-order valence-electron chi connectivity index (χ3n) is 4.11. The Bertz CT molecular complexity index is 396. The summed E-state index contributed by atoms with van der Waals surface area (Å²) >= 11 is 0. The van der Waals surface area contributed by atoms with Gasteiger partial charge in [-0.15, -0.1) is 0 Å². The van der Waals surface area contributed by atoms with Crippen LogP contribution in [0, 0.1) is 5.92 Å². The van der Waals surface area contributed by atoms with Gasteiger partial charge in [0.2, 0.25) is 0 Å². The van der Waals surface area contributed by atoms with Crippen molar-refractivity contribution in [2.24, 2.45) is 5.92 Å². The van der Waals surface area contributed by atoms with Crippen LogP contribution in [0.4, 0.5) is 0 Å². The first-order chi connectivity index (χ1) is 9.15. The predicted molar refractivity (Wildman–Crippen MR) is 76.2 cm³/mol. The van der Waals surface area contributed by atoms with E-state index in [9.17, 15) is 4.79 Å². The van der Waals surface area contributed by atoms with E-state index in [1.54, 1.807) is 0 Å². The van der Waals surface area contributed by atoms with Gasteiger partial charge in [-0.2, -0.15) is 0 Å². The highest BCUT2D eigenvalue weighted by Gasteiger charge is 2.23. The molecule has 1 aromatic carbocycles. The van der Waals surface area contributed by atoms with Gasteiger partial charge >= 0.3 is 5.97 Å². The minimum Gasteiger partial charge on any atom is -0.481 e. The number of benzene rings is 1. The molecule has 1 aromatic rings. The summed E-state index contributed by atoms with van der Waals surface area (Å²) in [6, 6.07) is 10.8. The molecule has 0 aromatic heterocycles. The van der Waals surface area contributed by atoms with Gasteiger partial charge in [-0.05, 0) is 50.8 Å². The van der Waals surface area contributed by atoms with Gasteiger partial charge in [0.05, 0.1) is 6.42 Å². The molecule has 1 fully saturated rings. The highest BCUT2D eigenvalue weighted by Crippen LogP contribution is 2.23. The Morgan fingerprint density at radius 3 is 2.53 bits per heavy atom. The SMILES string of the molecule is CC(CC(=O)O)N1CCC(Cc2ccccc2)CC1. The molecule has 0 radical (unpaired) electrons. The number of hydrogen-bond acceptors (Lipinski definition) is 2. The Balaban J connectivity index is 1.78. The van der Waals surface area contributed by atoms with Crippen molar-refractivity contribution in [3.05, 3.63) is 35.9 Å². The fourth-order valence-corrected chi connectivity index (χ4v) is 2.93. The zero-order valence-corrected chi connectivity index (χ0v) is 11.6. The number of rotatable bonds is 5.